The Bertz CT molecular complexity index is 1090. The number of aromatic nitrogens is 2. The average Bonchev–Trinajstić information content (AvgIpc) is 3.07. The molecule has 0 aliphatic carbocycles. The number of esters is 1. The van der Waals surface area contributed by atoms with Gasteiger partial charge in [0.2, 0.25) is 5.95 Å². The minimum absolute atomic E-state index is 0.278. The number of benzene rings is 2. The molecule has 5 nitrogen and oxygen atoms in total. The van der Waals surface area contributed by atoms with E-state index in [0.717, 1.165) is 52.0 Å². The monoisotopic (exact) mass is 453 g/mol. The Labute approximate surface area is 178 Å². The molecule has 0 radical (unpaired) electrons. The van der Waals surface area contributed by atoms with Crippen LogP contribution >= 0.6 is 15.9 Å². The van der Waals surface area contributed by atoms with E-state index in [1.54, 1.807) is 0 Å². The maximum absolute atomic E-state index is 13.1. The standard InChI is InChI=1S/C23H24BrN3O2/c1-3-4-7-13-29-22(28)20-15(2)25-23-26-18-11-5-6-12-19(18)27(23)21(20)16-9-8-10-17(24)14-16/h5-6,8-12,14,21H,3-4,7,13H2,1-2H3,(H,25,26). The van der Waals surface area contributed by atoms with Crippen molar-refractivity contribution in [3.63, 3.8) is 0 Å². The molecule has 0 fully saturated rings. The second kappa shape index (κ2) is 8.41. The van der Waals surface area contributed by atoms with Gasteiger partial charge in [0.15, 0.2) is 0 Å². The molecule has 1 N–H and O–H groups in total. The number of fused-ring (bicyclic) bond motifs is 3. The lowest BCUT2D eigenvalue weighted by atomic mass is 9.95. The fraction of sp³-hybridized carbons (Fsp3) is 0.304. The summed E-state index contributed by atoms with van der Waals surface area (Å²) < 4.78 is 8.71. The second-order valence-corrected chi connectivity index (χ2v) is 8.17. The molecular formula is C23H24BrN3O2. The van der Waals surface area contributed by atoms with E-state index in [0.29, 0.717) is 12.2 Å². The summed E-state index contributed by atoms with van der Waals surface area (Å²) in [6.07, 6.45) is 3.02. The van der Waals surface area contributed by atoms with Gasteiger partial charge in [0.1, 0.15) is 0 Å². The highest BCUT2D eigenvalue weighted by molar-refractivity contribution is 9.10. The van der Waals surface area contributed by atoms with E-state index >= 15 is 0 Å². The predicted octanol–water partition coefficient (Wildman–Crippen LogP) is 5.82. The summed E-state index contributed by atoms with van der Waals surface area (Å²) in [4.78, 5) is 17.9. The summed E-state index contributed by atoms with van der Waals surface area (Å²) in [5, 5.41) is 3.32. The highest BCUT2D eigenvalue weighted by Crippen LogP contribution is 2.40. The van der Waals surface area contributed by atoms with Gasteiger partial charge in [0.25, 0.3) is 0 Å². The first-order chi connectivity index (χ1) is 14.1. The van der Waals surface area contributed by atoms with Gasteiger partial charge in [-0.3, -0.25) is 4.57 Å². The van der Waals surface area contributed by atoms with E-state index in [1.807, 2.05) is 55.5 Å². The number of hydrogen-bond donors (Lipinski definition) is 1. The normalized spacial score (nSPS) is 15.9. The number of rotatable bonds is 6. The zero-order chi connectivity index (χ0) is 20.4. The van der Waals surface area contributed by atoms with Crippen LogP contribution in [0.15, 0.2) is 64.3 Å². The Hall–Kier alpha value is -2.60. The predicted molar refractivity (Wildman–Crippen MR) is 119 cm³/mol. The zero-order valence-corrected chi connectivity index (χ0v) is 18.2. The number of ether oxygens (including phenoxy) is 1. The van der Waals surface area contributed by atoms with Crippen molar-refractivity contribution in [2.75, 3.05) is 11.9 Å². The number of carbonyl (C=O) groups is 1. The zero-order valence-electron chi connectivity index (χ0n) is 16.6. The van der Waals surface area contributed by atoms with E-state index in [1.165, 1.54) is 0 Å². The lowest BCUT2D eigenvalue weighted by Gasteiger charge is -2.30. The molecule has 1 unspecified atom stereocenters. The SMILES string of the molecule is CCCCCOC(=O)C1=C(C)Nc2nc3ccccc3n2C1c1cccc(Br)c1. The van der Waals surface area contributed by atoms with Crippen molar-refractivity contribution in [2.24, 2.45) is 0 Å². The molecule has 0 saturated heterocycles. The van der Waals surface area contributed by atoms with Crippen LogP contribution in [0.2, 0.25) is 0 Å². The maximum atomic E-state index is 13.1. The lowest BCUT2D eigenvalue weighted by molar-refractivity contribution is -0.139. The molecule has 2 heterocycles. The van der Waals surface area contributed by atoms with Gasteiger partial charge in [-0.2, -0.15) is 0 Å². The quantitative estimate of drug-likeness (QED) is 0.377. The molecule has 150 valence electrons. The van der Waals surface area contributed by atoms with Crippen LogP contribution in [0.25, 0.3) is 11.0 Å². The van der Waals surface area contributed by atoms with Gasteiger partial charge in [0.05, 0.1) is 29.3 Å². The number of imidazole rings is 1. The van der Waals surface area contributed by atoms with Gasteiger partial charge in [0, 0.05) is 10.2 Å². The summed E-state index contributed by atoms with van der Waals surface area (Å²) >= 11 is 3.57. The van der Waals surface area contributed by atoms with Crippen LogP contribution in [0.3, 0.4) is 0 Å². The Kier molecular flexibility index (Phi) is 5.72. The molecule has 0 saturated carbocycles. The Balaban J connectivity index is 1.81. The molecular weight excluding hydrogens is 430 g/mol. The summed E-state index contributed by atoms with van der Waals surface area (Å²) in [6, 6.07) is 15.7. The summed E-state index contributed by atoms with van der Waals surface area (Å²) in [5.41, 5.74) is 4.27. The molecule has 6 heteroatoms. The fourth-order valence-corrected chi connectivity index (χ4v) is 4.23. The van der Waals surface area contributed by atoms with E-state index < -0.39 is 0 Å². The molecule has 0 spiro atoms. The number of carbonyl (C=O) groups excluding carboxylic acids is 1. The van der Waals surface area contributed by atoms with Crippen molar-refractivity contribution in [3.8, 4) is 0 Å². The van der Waals surface area contributed by atoms with Crippen LogP contribution in [0.4, 0.5) is 5.95 Å². The number of anilines is 1. The third kappa shape index (κ3) is 3.81. The van der Waals surface area contributed by atoms with Crippen LogP contribution in [0.5, 0.6) is 0 Å². The Morgan fingerprint density at radius 3 is 2.83 bits per heavy atom. The fourth-order valence-electron chi connectivity index (χ4n) is 3.82. The summed E-state index contributed by atoms with van der Waals surface area (Å²) in [6.45, 7) is 4.48. The highest BCUT2D eigenvalue weighted by Gasteiger charge is 2.34. The topological polar surface area (TPSA) is 56.1 Å². The first kappa shape index (κ1) is 19.7. The number of allylic oxidation sites excluding steroid dienone is 1. The van der Waals surface area contributed by atoms with Crippen LogP contribution in [0.1, 0.15) is 44.7 Å². The van der Waals surface area contributed by atoms with E-state index in [4.69, 9.17) is 9.72 Å². The van der Waals surface area contributed by atoms with Crippen LogP contribution < -0.4 is 5.32 Å². The van der Waals surface area contributed by atoms with Gasteiger partial charge in [-0.15, -0.1) is 0 Å². The van der Waals surface area contributed by atoms with E-state index in [-0.39, 0.29) is 12.0 Å². The van der Waals surface area contributed by atoms with Crippen molar-refractivity contribution in [3.05, 3.63) is 69.8 Å². The van der Waals surface area contributed by atoms with E-state index in [9.17, 15) is 4.79 Å². The van der Waals surface area contributed by atoms with Gasteiger partial charge >= 0.3 is 5.97 Å². The van der Waals surface area contributed by atoms with Crippen LogP contribution in [0, 0.1) is 0 Å². The van der Waals surface area contributed by atoms with Gasteiger partial charge in [-0.1, -0.05) is 60.0 Å². The number of hydrogen-bond acceptors (Lipinski definition) is 4. The molecule has 1 aliphatic heterocycles. The lowest BCUT2D eigenvalue weighted by Crippen LogP contribution is -2.29. The van der Waals surface area contributed by atoms with Crippen LogP contribution in [-0.4, -0.2) is 22.1 Å². The molecule has 0 bridgehead atoms. The molecule has 3 aromatic rings. The van der Waals surface area contributed by atoms with Crippen molar-refractivity contribution >= 4 is 38.9 Å². The largest absolute Gasteiger partial charge is 0.462 e. The van der Waals surface area contributed by atoms with E-state index in [2.05, 4.69) is 32.7 Å². The molecule has 1 aliphatic rings. The number of nitrogens with zero attached hydrogens (tertiary/aromatic N) is 2. The first-order valence-electron chi connectivity index (χ1n) is 9.97. The Morgan fingerprint density at radius 1 is 1.21 bits per heavy atom. The summed E-state index contributed by atoms with van der Waals surface area (Å²) in [5.74, 6) is 0.454. The third-order valence-electron chi connectivity index (χ3n) is 5.20. The minimum Gasteiger partial charge on any atom is -0.462 e. The second-order valence-electron chi connectivity index (χ2n) is 7.26. The molecule has 1 atom stereocenters. The van der Waals surface area contributed by atoms with Crippen molar-refractivity contribution < 1.29 is 9.53 Å². The first-order valence-corrected chi connectivity index (χ1v) is 10.8. The van der Waals surface area contributed by atoms with Crippen molar-refractivity contribution in [1.29, 1.82) is 0 Å². The van der Waals surface area contributed by atoms with Crippen LogP contribution in [-0.2, 0) is 9.53 Å². The smallest absolute Gasteiger partial charge is 0.338 e. The average molecular weight is 454 g/mol. The van der Waals surface area contributed by atoms with Gasteiger partial charge < -0.3 is 10.1 Å². The number of nitrogens with one attached hydrogen (secondary N) is 1. The van der Waals surface area contributed by atoms with Crippen molar-refractivity contribution in [2.45, 2.75) is 39.2 Å². The van der Waals surface area contributed by atoms with Crippen molar-refractivity contribution in [1.82, 2.24) is 9.55 Å². The highest BCUT2D eigenvalue weighted by atomic mass is 79.9. The third-order valence-corrected chi connectivity index (χ3v) is 5.69. The minimum atomic E-state index is -0.310. The maximum Gasteiger partial charge on any atom is 0.338 e. The number of halogens is 1. The molecule has 29 heavy (non-hydrogen) atoms. The summed E-state index contributed by atoms with van der Waals surface area (Å²) in [7, 11) is 0. The Morgan fingerprint density at radius 2 is 2.03 bits per heavy atom. The van der Waals surface area contributed by atoms with Gasteiger partial charge in [-0.05, 0) is 43.2 Å². The molecule has 2 aromatic carbocycles. The number of para-hydroxylation sites is 2. The molecule has 4 rings (SSSR count). The number of unbranched alkanes of at least 4 members (excludes halogenated alkanes) is 2. The molecule has 0 amide bonds. The molecule has 1 aromatic heterocycles. The van der Waals surface area contributed by atoms with Gasteiger partial charge in [-0.25, -0.2) is 9.78 Å².